The molecule has 3 saturated heterocycles. The summed E-state index contributed by atoms with van der Waals surface area (Å²) in [7, 11) is 1.87. The van der Waals surface area contributed by atoms with Crippen LogP contribution in [0, 0.1) is 11.3 Å². The third-order valence-corrected chi connectivity index (χ3v) is 8.25. The van der Waals surface area contributed by atoms with E-state index in [4.69, 9.17) is 23.1 Å². The number of fused-ring (bicyclic) bond motifs is 1. The molecule has 4 fully saturated rings. The Morgan fingerprint density at radius 3 is 2.73 bits per heavy atom. The molecular formula is C20H31ClN8O. The molecule has 0 bridgehead atoms. The van der Waals surface area contributed by atoms with Gasteiger partial charge in [-0.3, -0.25) is 15.0 Å². The lowest BCUT2D eigenvalue weighted by Crippen LogP contribution is -2.70. The Labute approximate surface area is 181 Å². The number of piperidine rings is 1. The second-order valence-corrected chi connectivity index (χ2v) is 9.63. The fraction of sp³-hybridized carbons (Fsp3) is 0.700. The van der Waals surface area contributed by atoms with Crippen molar-refractivity contribution in [2.75, 3.05) is 25.9 Å². The molecule has 10 heteroatoms. The monoisotopic (exact) mass is 434 g/mol. The smallest absolute Gasteiger partial charge is 0.232 e. The van der Waals surface area contributed by atoms with Crippen molar-refractivity contribution in [2.24, 2.45) is 17.1 Å². The minimum absolute atomic E-state index is 0.0792. The van der Waals surface area contributed by atoms with Crippen molar-refractivity contribution >= 4 is 23.3 Å². The fourth-order valence-electron chi connectivity index (χ4n) is 5.95. The second kappa shape index (κ2) is 7.58. The van der Waals surface area contributed by atoms with Gasteiger partial charge in [0, 0.05) is 32.4 Å². The molecule has 1 aliphatic carbocycles. The zero-order valence-corrected chi connectivity index (χ0v) is 18.0. The summed E-state index contributed by atoms with van der Waals surface area (Å²) in [5.74, 6) is 0.0229. The number of nitrogen functional groups attached to an aromatic ring is 1. The molecule has 0 aromatic carbocycles. The molecule has 0 radical (unpaired) electrons. The van der Waals surface area contributed by atoms with E-state index in [1.807, 2.05) is 18.0 Å². The average molecular weight is 435 g/mol. The Hall–Kier alpha value is -1.49. The van der Waals surface area contributed by atoms with Crippen LogP contribution in [0.15, 0.2) is 12.3 Å². The van der Waals surface area contributed by atoms with Crippen LogP contribution in [-0.4, -0.2) is 59.3 Å². The highest BCUT2D eigenvalue weighted by Gasteiger charge is 2.51. The summed E-state index contributed by atoms with van der Waals surface area (Å²) >= 11 is 6.39. The van der Waals surface area contributed by atoms with Gasteiger partial charge in [0.05, 0.1) is 23.1 Å². The van der Waals surface area contributed by atoms with Crippen LogP contribution < -0.4 is 27.6 Å². The number of hydrazine groups is 1. The first-order valence-corrected chi connectivity index (χ1v) is 11.2. The molecule has 1 saturated carbocycles. The number of hydrogen-bond acceptors (Lipinski definition) is 8. The van der Waals surface area contributed by atoms with Crippen molar-refractivity contribution < 1.29 is 4.79 Å². The van der Waals surface area contributed by atoms with E-state index in [1.165, 1.54) is 12.8 Å². The molecule has 4 unspecified atom stereocenters. The zero-order chi connectivity index (χ0) is 21.0. The van der Waals surface area contributed by atoms with Gasteiger partial charge in [-0.25, -0.2) is 15.8 Å². The third-order valence-electron chi connectivity index (χ3n) is 7.84. The molecule has 5 atom stereocenters. The number of pyridine rings is 1. The van der Waals surface area contributed by atoms with Gasteiger partial charge in [0.1, 0.15) is 12.1 Å². The van der Waals surface area contributed by atoms with Gasteiger partial charge in [-0.15, -0.1) is 0 Å². The Balaban J connectivity index is 1.31. The number of carbonyl (C=O) groups is 1. The minimum Gasteiger partial charge on any atom is -0.382 e. The summed E-state index contributed by atoms with van der Waals surface area (Å²) in [6, 6.07) is 1.85. The molecule has 1 spiro atoms. The topological polar surface area (TPSA) is 125 Å². The van der Waals surface area contributed by atoms with Crippen LogP contribution in [0.1, 0.15) is 43.7 Å². The predicted octanol–water partition coefficient (Wildman–Crippen LogP) is 0.347. The number of anilines is 1. The van der Waals surface area contributed by atoms with E-state index in [9.17, 15) is 4.79 Å². The van der Waals surface area contributed by atoms with Crippen LogP contribution in [0.2, 0.25) is 5.02 Å². The number of nitrogens with two attached hydrogens (primary N) is 2. The van der Waals surface area contributed by atoms with Gasteiger partial charge in [-0.05, 0) is 42.7 Å². The Morgan fingerprint density at radius 2 is 2.03 bits per heavy atom. The molecule has 30 heavy (non-hydrogen) atoms. The van der Waals surface area contributed by atoms with E-state index in [-0.39, 0.29) is 36.1 Å². The molecule has 1 aromatic heterocycles. The number of carbonyl (C=O) groups excluding carboxylic acids is 1. The average Bonchev–Trinajstić information content (AvgIpc) is 3.32. The van der Waals surface area contributed by atoms with Crippen LogP contribution in [0.3, 0.4) is 0 Å². The van der Waals surface area contributed by atoms with Gasteiger partial charge in [0.15, 0.2) is 0 Å². The molecule has 1 amide bonds. The second-order valence-electron chi connectivity index (χ2n) is 9.26. The normalized spacial score (nSPS) is 36.4. The van der Waals surface area contributed by atoms with Crippen molar-refractivity contribution in [3.8, 4) is 0 Å². The van der Waals surface area contributed by atoms with E-state index in [0.717, 1.165) is 37.9 Å². The number of rotatable bonds is 2. The SMILES string of the molecule is CN1C(=O)C2C(NNC2c2ccnc(N)c2Cl)NC1N1CCC2(CCC[C@H]2N)CC1. The van der Waals surface area contributed by atoms with E-state index >= 15 is 0 Å². The first-order valence-electron chi connectivity index (χ1n) is 10.8. The largest absolute Gasteiger partial charge is 0.382 e. The van der Waals surface area contributed by atoms with Crippen LogP contribution in [0.5, 0.6) is 0 Å². The molecule has 4 heterocycles. The van der Waals surface area contributed by atoms with Gasteiger partial charge in [0.2, 0.25) is 5.91 Å². The van der Waals surface area contributed by atoms with Crippen molar-refractivity contribution in [1.29, 1.82) is 0 Å². The van der Waals surface area contributed by atoms with Crippen molar-refractivity contribution in [2.45, 2.75) is 56.6 Å². The van der Waals surface area contributed by atoms with E-state index in [0.29, 0.717) is 16.5 Å². The molecule has 4 aliphatic rings. The molecule has 5 rings (SSSR count). The number of nitrogens with one attached hydrogen (secondary N) is 3. The predicted molar refractivity (Wildman–Crippen MR) is 115 cm³/mol. The maximum absolute atomic E-state index is 13.4. The number of nitrogens with zero attached hydrogens (tertiary/aromatic N) is 3. The highest BCUT2D eigenvalue weighted by atomic mass is 35.5. The lowest BCUT2D eigenvalue weighted by atomic mass is 9.74. The van der Waals surface area contributed by atoms with Crippen LogP contribution in [0.25, 0.3) is 0 Å². The minimum atomic E-state index is -0.329. The Bertz CT molecular complexity index is 829. The number of likely N-dealkylation sites (tertiary alicyclic amines) is 1. The van der Waals surface area contributed by atoms with Crippen LogP contribution >= 0.6 is 11.6 Å². The summed E-state index contributed by atoms with van der Waals surface area (Å²) in [6.07, 6.45) is 7.11. The molecule has 1 aromatic rings. The first-order chi connectivity index (χ1) is 14.4. The Morgan fingerprint density at radius 1 is 1.27 bits per heavy atom. The number of amides is 1. The third kappa shape index (κ3) is 3.11. The van der Waals surface area contributed by atoms with Gasteiger partial charge in [-0.1, -0.05) is 18.0 Å². The van der Waals surface area contributed by atoms with Crippen LogP contribution in [-0.2, 0) is 4.79 Å². The molecule has 7 N–H and O–H groups in total. The first kappa shape index (κ1) is 20.4. The highest BCUT2D eigenvalue weighted by Crippen LogP contribution is 2.46. The van der Waals surface area contributed by atoms with Crippen molar-refractivity contribution in [3.05, 3.63) is 22.8 Å². The lowest BCUT2D eigenvalue weighted by Gasteiger charge is -2.50. The quantitative estimate of drug-likeness (QED) is 0.451. The molecule has 9 nitrogen and oxygen atoms in total. The molecular weight excluding hydrogens is 404 g/mol. The molecule has 3 aliphatic heterocycles. The number of hydrogen-bond donors (Lipinski definition) is 5. The van der Waals surface area contributed by atoms with Gasteiger partial charge >= 0.3 is 0 Å². The molecule has 164 valence electrons. The van der Waals surface area contributed by atoms with Gasteiger partial charge in [0.25, 0.3) is 0 Å². The van der Waals surface area contributed by atoms with Gasteiger partial charge in [-0.2, -0.15) is 0 Å². The summed E-state index contributed by atoms with van der Waals surface area (Å²) < 4.78 is 0. The van der Waals surface area contributed by atoms with Crippen LogP contribution in [0.4, 0.5) is 5.82 Å². The maximum Gasteiger partial charge on any atom is 0.232 e. The Kier molecular flexibility index (Phi) is 5.16. The zero-order valence-electron chi connectivity index (χ0n) is 17.3. The maximum atomic E-state index is 13.4. The van der Waals surface area contributed by atoms with E-state index in [2.05, 4.69) is 26.1 Å². The van der Waals surface area contributed by atoms with Crippen molar-refractivity contribution in [3.63, 3.8) is 0 Å². The van der Waals surface area contributed by atoms with E-state index in [1.54, 1.807) is 6.20 Å². The van der Waals surface area contributed by atoms with E-state index < -0.39 is 0 Å². The standard InChI is InChI=1S/C20H31ClN8O/c1-28-18(30)13-15(11-4-8-24-16(23)14(11)21)26-27-17(13)25-19(28)29-9-6-20(7-10-29)5-2-3-12(20)22/h4,8,12-13,15,17,19,25-27H,2-3,5-7,9-10,22H2,1H3,(H2,23,24)/t12-,13?,15?,17?,19?/m1/s1. The summed E-state index contributed by atoms with van der Waals surface area (Å²) in [5, 5.41) is 4.02. The summed E-state index contributed by atoms with van der Waals surface area (Å²) in [5.41, 5.74) is 19.9. The number of aromatic nitrogens is 1. The highest BCUT2D eigenvalue weighted by molar-refractivity contribution is 6.33. The van der Waals surface area contributed by atoms with Crippen molar-refractivity contribution in [1.82, 2.24) is 31.0 Å². The summed E-state index contributed by atoms with van der Waals surface area (Å²) in [4.78, 5) is 21.6. The van der Waals surface area contributed by atoms with Gasteiger partial charge < -0.3 is 16.4 Å². The fourth-order valence-corrected chi connectivity index (χ4v) is 6.18. The summed E-state index contributed by atoms with van der Waals surface area (Å²) in [6.45, 7) is 1.90. The number of halogens is 1. The lowest BCUT2D eigenvalue weighted by molar-refractivity contribution is -0.151.